The summed E-state index contributed by atoms with van der Waals surface area (Å²) in [5.41, 5.74) is 2.62. The summed E-state index contributed by atoms with van der Waals surface area (Å²) < 4.78 is 13.8. The zero-order valence-corrected chi connectivity index (χ0v) is 13.3. The highest BCUT2D eigenvalue weighted by atomic mass is 79.9. The number of aromatic nitrogens is 2. The normalized spacial score (nSPS) is 11.1. The summed E-state index contributed by atoms with van der Waals surface area (Å²) in [6.45, 7) is 6.80. The second-order valence-electron chi connectivity index (χ2n) is 4.98. The van der Waals surface area contributed by atoms with Gasteiger partial charge in [-0.1, -0.05) is 13.8 Å². The smallest absolute Gasteiger partial charge is 0.160 e. The average Bonchev–Trinajstić information content (AvgIpc) is 2.35. The van der Waals surface area contributed by atoms with Gasteiger partial charge in [-0.15, -0.1) is 0 Å². The maximum atomic E-state index is 13.2. The van der Waals surface area contributed by atoms with Crippen molar-refractivity contribution in [2.24, 2.45) is 0 Å². The van der Waals surface area contributed by atoms with Gasteiger partial charge in [-0.3, -0.25) is 0 Å². The second-order valence-corrected chi connectivity index (χ2v) is 5.84. The molecule has 2 rings (SSSR count). The largest absolute Gasteiger partial charge is 0.309 e. The van der Waals surface area contributed by atoms with Crippen LogP contribution in [0.15, 0.2) is 28.7 Å². The summed E-state index contributed by atoms with van der Waals surface area (Å²) in [6.07, 6.45) is 0. The van der Waals surface area contributed by atoms with Gasteiger partial charge in [0.1, 0.15) is 5.82 Å². The van der Waals surface area contributed by atoms with Crippen LogP contribution in [0.25, 0.3) is 11.4 Å². The van der Waals surface area contributed by atoms with Crippen LogP contribution in [-0.4, -0.2) is 16.0 Å². The molecular formula is C15H17BrFN3. The van der Waals surface area contributed by atoms with Crippen LogP contribution < -0.4 is 5.32 Å². The molecule has 0 aliphatic heterocycles. The van der Waals surface area contributed by atoms with Gasteiger partial charge in [-0.05, 0) is 47.1 Å². The molecule has 2 aromatic rings. The standard InChI is InChI=1S/C15H17BrFN3/c1-9(2)18-8-12-6-10(3)19-15(20-12)13-5-4-11(17)7-14(13)16/h4-7,9,18H,8H2,1-3H3. The minimum Gasteiger partial charge on any atom is -0.309 e. The van der Waals surface area contributed by atoms with Crippen molar-refractivity contribution in [2.75, 3.05) is 0 Å². The van der Waals surface area contributed by atoms with E-state index in [0.29, 0.717) is 22.9 Å². The third-order valence-electron chi connectivity index (χ3n) is 2.77. The van der Waals surface area contributed by atoms with Gasteiger partial charge in [0.2, 0.25) is 0 Å². The predicted octanol–water partition coefficient (Wildman–Crippen LogP) is 3.85. The van der Waals surface area contributed by atoms with Gasteiger partial charge in [0.15, 0.2) is 5.82 Å². The molecule has 0 fully saturated rings. The molecule has 5 heteroatoms. The lowest BCUT2D eigenvalue weighted by molar-refractivity contribution is 0.580. The summed E-state index contributed by atoms with van der Waals surface area (Å²) in [4.78, 5) is 8.97. The molecule has 0 aliphatic rings. The van der Waals surface area contributed by atoms with Gasteiger partial charge < -0.3 is 5.32 Å². The van der Waals surface area contributed by atoms with Crippen LogP contribution in [0, 0.1) is 12.7 Å². The van der Waals surface area contributed by atoms with E-state index in [-0.39, 0.29) is 5.82 Å². The van der Waals surface area contributed by atoms with Crippen molar-refractivity contribution >= 4 is 15.9 Å². The fourth-order valence-corrected chi connectivity index (χ4v) is 2.35. The Morgan fingerprint density at radius 2 is 2.00 bits per heavy atom. The maximum absolute atomic E-state index is 13.2. The zero-order valence-electron chi connectivity index (χ0n) is 11.7. The van der Waals surface area contributed by atoms with Crippen molar-refractivity contribution in [1.29, 1.82) is 0 Å². The molecule has 106 valence electrons. The number of nitrogens with one attached hydrogen (secondary N) is 1. The van der Waals surface area contributed by atoms with E-state index in [9.17, 15) is 4.39 Å². The monoisotopic (exact) mass is 337 g/mol. The van der Waals surface area contributed by atoms with Crippen molar-refractivity contribution in [1.82, 2.24) is 15.3 Å². The molecule has 0 spiro atoms. The molecule has 0 saturated heterocycles. The number of aryl methyl sites for hydroxylation is 1. The molecule has 0 saturated carbocycles. The van der Waals surface area contributed by atoms with Gasteiger partial charge in [0, 0.05) is 28.3 Å². The number of nitrogens with zero attached hydrogens (tertiary/aromatic N) is 2. The number of hydrogen-bond acceptors (Lipinski definition) is 3. The summed E-state index contributed by atoms with van der Waals surface area (Å²) in [5.74, 6) is 0.326. The van der Waals surface area contributed by atoms with Crippen molar-refractivity contribution < 1.29 is 4.39 Å². The first-order valence-electron chi connectivity index (χ1n) is 6.49. The van der Waals surface area contributed by atoms with E-state index in [4.69, 9.17) is 0 Å². The molecule has 1 aromatic heterocycles. The van der Waals surface area contributed by atoms with E-state index in [1.807, 2.05) is 13.0 Å². The molecule has 0 amide bonds. The van der Waals surface area contributed by atoms with E-state index >= 15 is 0 Å². The Balaban J connectivity index is 2.36. The highest BCUT2D eigenvalue weighted by Crippen LogP contribution is 2.26. The van der Waals surface area contributed by atoms with E-state index in [2.05, 4.69) is 45.1 Å². The molecule has 0 radical (unpaired) electrons. The van der Waals surface area contributed by atoms with E-state index in [0.717, 1.165) is 17.0 Å². The van der Waals surface area contributed by atoms with Crippen LogP contribution in [-0.2, 0) is 6.54 Å². The summed E-state index contributed by atoms with van der Waals surface area (Å²) in [6, 6.07) is 6.88. The first kappa shape index (κ1) is 15.1. The number of benzene rings is 1. The van der Waals surface area contributed by atoms with Crippen LogP contribution in [0.5, 0.6) is 0 Å². The van der Waals surface area contributed by atoms with Crippen LogP contribution in [0.1, 0.15) is 25.2 Å². The Bertz CT molecular complexity index is 614. The van der Waals surface area contributed by atoms with E-state index in [1.54, 1.807) is 6.07 Å². The van der Waals surface area contributed by atoms with Crippen LogP contribution in [0.4, 0.5) is 4.39 Å². The molecule has 1 aromatic carbocycles. The zero-order chi connectivity index (χ0) is 14.7. The van der Waals surface area contributed by atoms with Crippen LogP contribution in [0.3, 0.4) is 0 Å². The van der Waals surface area contributed by atoms with Crippen molar-refractivity contribution in [2.45, 2.75) is 33.4 Å². The molecule has 0 bridgehead atoms. The molecular weight excluding hydrogens is 321 g/mol. The first-order valence-corrected chi connectivity index (χ1v) is 7.28. The molecule has 20 heavy (non-hydrogen) atoms. The number of halogens is 2. The van der Waals surface area contributed by atoms with Crippen molar-refractivity contribution in [3.63, 3.8) is 0 Å². The first-order chi connectivity index (χ1) is 9.45. The SMILES string of the molecule is Cc1cc(CNC(C)C)nc(-c2ccc(F)cc2Br)n1. The average molecular weight is 338 g/mol. The number of rotatable bonds is 4. The van der Waals surface area contributed by atoms with Gasteiger partial charge in [-0.2, -0.15) is 0 Å². The Labute approximate surface area is 126 Å². The molecule has 1 heterocycles. The highest BCUT2D eigenvalue weighted by molar-refractivity contribution is 9.10. The van der Waals surface area contributed by atoms with Gasteiger partial charge >= 0.3 is 0 Å². The lowest BCUT2D eigenvalue weighted by Gasteiger charge is -2.10. The van der Waals surface area contributed by atoms with Crippen molar-refractivity contribution in [3.05, 3.63) is 45.9 Å². The maximum Gasteiger partial charge on any atom is 0.160 e. The summed E-state index contributed by atoms with van der Waals surface area (Å²) in [7, 11) is 0. The third kappa shape index (κ3) is 3.84. The molecule has 0 unspecified atom stereocenters. The quantitative estimate of drug-likeness (QED) is 0.920. The Morgan fingerprint density at radius 1 is 1.25 bits per heavy atom. The molecule has 3 nitrogen and oxygen atoms in total. The van der Waals surface area contributed by atoms with E-state index < -0.39 is 0 Å². The topological polar surface area (TPSA) is 37.8 Å². The van der Waals surface area contributed by atoms with Crippen LogP contribution >= 0.6 is 15.9 Å². The Hall–Kier alpha value is -1.33. The Kier molecular flexibility index (Phi) is 4.83. The lowest BCUT2D eigenvalue weighted by Crippen LogP contribution is -2.22. The van der Waals surface area contributed by atoms with Gasteiger partial charge in [0.05, 0.1) is 5.69 Å². The molecule has 1 N–H and O–H groups in total. The summed E-state index contributed by atoms with van der Waals surface area (Å²) in [5, 5.41) is 3.33. The molecule has 0 atom stereocenters. The highest BCUT2D eigenvalue weighted by Gasteiger charge is 2.09. The van der Waals surface area contributed by atoms with Gasteiger partial charge in [0.25, 0.3) is 0 Å². The summed E-state index contributed by atoms with van der Waals surface area (Å²) >= 11 is 3.36. The predicted molar refractivity (Wildman–Crippen MR) is 81.8 cm³/mol. The molecule has 0 aliphatic carbocycles. The fraction of sp³-hybridized carbons (Fsp3) is 0.333. The van der Waals surface area contributed by atoms with Crippen molar-refractivity contribution in [3.8, 4) is 11.4 Å². The second kappa shape index (κ2) is 6.41. The minimum atomic E-state index is -0.282. The lowest BCUT2D eigenvalue weighted by atomic mass is 10.2. The minimum absolute atomic E-state index is 0.282. The van der Waals surface area contributed by atoms with Gasteiger partial charge in [-0.25, -0.2) is 14.4 Å². The van der Waals surface area contributed by atoms with E-state index in [1.165, 1.54) is 12.1 Å². The Morgan fingerprint density at radius 3 is 2.65 bits per heavy atom. The fourth-order valence-electron chi connectivity index (χ4n) is 1.82. The van der Waals surface area contributed by atoms with Crippen LogP contribution in [0.2, 0.25) is 0 Å². The number of hydrogen-bond donors (Lipinski definition) is 1. The third-order valence-corrected chi connectivity index (χ3v) is 3.43.